The molecule has 5 aromatic carbocycles. The first-order valence-corrected chi connectivity index (χ1v) is 18.0. The van der Waals surface area contributed by atoms with Gasteiger partial charge in [-0.1, -0.05) is 127 Å². The van der Waals surface area contributed by atoms with Gasteiger partial charge in [-0.05, 0) is 53.1 Å². The van der Waals surface area contributed by atoms with E-state index in [1.54, 1.807) is 72.8 Å². The molecular formula is C45H35N5O6. The summed E-state index contributed by atoms with van der Waals surface area (Å²) in [4.78, 5) is 31.1. The first-order valence-electron chi connectivity index (χ1n) is 18.0. The minimum absolute atomic E-state index is 0.139. The van der Waals surface area contributed by atoms with Crippen molar-refractivity contribution in [2.45, 2.75) is 29.5 Å². The summed E-state index contributed by atoms with van der Waals surface area (Å²) in [6, 6.07) is 51.5. The maximum atomic E-state index is 13.7. The van der Waals surface area contributed by atoms with Crippen molar-refractivity contribution in [3.05, 3.63) is 204 Å². The van der Waals surface area contributed by atoms with Gasteiger partial charge in [-0.15, -0.1) is 0 Å². The molecule has 3 heterocycles. The smallest absolute Gasteiger partial charge is 0.338 e. The third-order valence-corrected chi connectivity index (χ3v) is 9.94. The standard InChI is InChI=1S/C45H35N5O6/c46-29-44(38-27-26-36-41(47-30-48-50(36)38)49-42(52)31-16-6-1-7-17-31)40(55-43(53)32-18-8-2-9-19-32)39(51)37(56-44)28-54-45(33-20-10-3-11-21-33,34-22-12-4-13-23-34)35-24-14-5-15-25-35/h1-27,30,37,39-40,51H,28H2,(H,47,48,49,52)/t37-,39?,40?,44+/m1/s1. The average molecular weight is 742 g/mol. The molecule has 11 heteroatoms. The SMILES string of the molecule is N#C[C@@]1(c2ccc3c(NC(=O)c4ccccc4)ncnn23)O[C@H](COC(c2ccccc2)(c2ccccc2)c2ccccc2)C(O)C1OC(=O)c1ccccc1. The summed E-state index contributed by atoms with van der Waals surface area (Å²) in [5, 5.41) is 30.5. The molecule has 1 aliphatic heterocycles. The average Bonchev–Trinajstić information content (AvgIpc) is 3.82. The zero-order valence-corrected chi connectivity index (χ0v) is 29.9. The highest BCUT2D eigenvalue weighted by Gasteiger charge is 2.61. The number of hydrogen-bond acceptors (Lipinski definition) is 9. The Hall–Kier alpha value is -6.97. The van der Waals surface area contributed by atoms with Crippen LogP contribution in [0.4, 0.5) is 5.82 Å². The minimum atomic E-state index is -2.10. The molecule has 0 bridgehead atoms. The van der Waals surface area contributed by atoms with Crippen molar-refractivity contribution in [1.29, 1.82) is 5.26 Å². The fraction of sp³-hybridized carbons (Fsp3) is 0.133. The minimum Gasteiger partial charge on any atom is -0.451 e. The number of carbonyl (C=O) groups excluding carboxylic acids is 2. The van der Waals surface area contributed by atoms with E-state index in [0.717, 1.165) is 16.7 Å². The number of esters is 1. The largest absolute Gasteiger partial charge is 0.451 e. The highest BCUT2D eigenvalue weighted by molar-refractivity contribution is 6.05. The number of carbonyl (C=O) groups is 2. The molecule has 1 amide bonds. The third-order valence-electron chi connectivity index (χ3n) is 9.94. The first kappa shape index (κ1) is 36.0. The number of ether oxygens (including phenoxy) is 3. The summed E-state index contributed by atoms with van der Waals surface area (Å²) >= 11 is 0. The molecule has 2 N–H and O–H groups in total. The Balaban J connectivity index is 1.20. The van der Waals surface area contributed by atoms with E-state index in [4.69, 9.17) is 14.2 Å². The molecule has 0 aliphatic carbocycles. The van der Waals surface area contributed by atoms with Gasteiger partial charge in [0.2, 0.25) is 5.60 Å². The lowest BCUT2D eigenvalue weighted by Gasteiger charge is -2.37. The normalized spacial score (nSPS) is 19.2. The van der Waals surface area contributed by atoms with Gasteiger partial charge in [0, 0.05) is 5.56 Å². The highest BCUT2D eigenvalue weighted by atomic mass is 16.6. The second kappa shape index (κ2) is 15.4. The highest BCUT2D eigenvalue weighted by Crippen LogP contribution is 2.45. The molecule has 1 fully saturated rings. The van der Waals surface area contributed by atoms with Gasteiger partial charge in [0.15, 0.2) is 11.9 Å². The molecule has 0 radical (unpaired) electrons. The molecular weight excluding hydrogens is 707 g/mol. The van der Waals surface area contributed by atoms with Crippen LogP contribution in [0, 0.1) is 11.3 Å². The third kappa shape index (κ3) is 6.48. The Kier molecular flexibility index (Phi) is 9.91. The van der Waals surface area contributed by atoms with Crippen molar-refractivity contribution in [1.82, 2.24) is 14.6 Å². The molecule has 1 saturated heterocycles. The molecule has 56 heavy (non-hydrogen) atoms. The van der Waals surface area contributed by atoms with Crippen molar-refractivity contribution in [3.63, 3.8) is 0 Å². The van der Waals surface area contributed by atoms with E-state index in [1.165, 1.54) is 10.8 Å². The van der Waals surface area contributed by atoms with Crippen LogP contribution in [0.3, 0.4) is 0 Å². The Morgan fingerprint density at radius 3 is 1.82 bits per heavy atom. The number of fused-ring (bicyclic) bond motifs is 1. The maximum absolute atomic E-state index is 13.7. The fourth-order valence-electron chi connectivity index (χ4n) is 7.26. The number of nitriles is 1. The Morgan fingerprint density at radius 1 is 0.768 bits per heavy atom. The van der Waals surface area contributed by atoms with E-state index in [1.807, 2.05) is 91.0 Å². The van der Waals surface area contributed by atoms with Crippen LogP contribution in [0.1, 0.15) is 43.1 Å². The van der Waals surface area contributed by atoms with Gasteiger partial charge in [0.1, 0.15) is 35.7 Å². The molecule has 8 rings (SSSR count). The molecule has 0 spiro atoms. The van der Waals surface area contributed by atoms with Gasteiger partial charge < -0.3 is 24.6 Å². The molecule has 1 aliphatic rings. The summed E-state index contributed by atoms with van der Waals surface area (Å²) in [6.45, 7) is -0.237. The van der Waals surface area contributed by atoms with E-state index < -0.39 is 41.4 Å². The summed E-state index contributed by atoms with van der Waals surface area (Å²) in [7, 11) is 0. The molecule has 4 atom stereocenters. The zero-order valence-electron chi connectivity index (χ0n) is 29.9. The van der Waals surface area contributed by atoms with Gasteiger partial charge in [0.05, 0.1) is 17.9 Å². The van der Waals surface area contributed by atoms with Crippen molar-refractivity contribution in [2.24, 2.45) is 0 Å². The monoisotopic (exact) mass is 741 g/mol. The number of nitrogens with one attached hydrogen (secondary N) is 1. The van der Waals surface area contributed by atoms with Crippen LogP contribution in [0.25, 0.3) is 5.52 Å². The van der Waals surface area contributed by atoms with Gasteiger partial charge >= 0.3 is 5.97 Å². The van der Waals surface area contributed by atoms with Crippen molar-refractivity contribution in [2.75, 3.05) is 11.9 Å². The number of amides is 1. The molecule has 2 aromatic heterocycles. The maximum Gasteiger partial charge on any atom is 0.338 e. The Morgan fingerprint density at radius 2 is 1.29 bits per heavy atom. The van der Waals surface area contributed by atoms with Crippen molar-refractivity contribution in [3.8, 4) is 6.07 Å². The van der Waals surface area contributed by atoms with Gasteiger partial charge in [-0.2, -0.15) is 10.4 Å². The Bertz CT molecular complexity index is 2400. The van der Waals surface area contributed by atoms with E-state index in [-0.39, 0.29) is 23.7 Å². The molecule has 276 valence electrons. The quantitative estimate of drug-likeness (QED) is 0.109. The number of rotatable bonds is 11. The Labute approximate surface area is 322 Å². The van der Waals surface area contributed by atoms with Gasteiger partial charge in [0.25, 0.3) is 5.91 Å². The summed E-state index contributed by atoms with van der Waals surface area (Å²) in [5.41, 5.74) is 0.296. The van der Waals surface area contributed by atoms with E-state index in [0.29, 0.717) is 11.1 Å². The number of aromatic nitrogens is 3. The van der Waals surface area contributed by atoms with E-state index in [2.05, 4.69) is 21.5 Å². The van der Waals surface area contributed by atoms with Gasteiger partial charge in [-0.25, -0.2) is 14.3 Å². The molecule has 2 unspecified atom stereocenters. The fourth-order valence-corrected chi connectivity index (χ4v) is 7.26. The summed E-state index contributed by atoms with van der Waals surface area (Å²) in [5.74, 6) is -0.997. The van der Waals surface area contributed by atoms with Crippen molar-refractivity contribution < 1.29 is 28.9 Å². The van der Waals surface area contributed by atoms with Crippen molar-refractivity contribution >= 4 is 23.2 Å². The predicted octanol–water partition coefficient (Wildman–Crippen LogP) is 6.69. The number of hydrogen-bond donors (Lipinski definition) is 2. The first-order chi connectivity index (χ1) is 27.4. The zero-order chi connectivity index (χ0) is 38.5. The topological polar surface area (TPSA) is 148 Å². The number of benzene rings is 5. The number of aliphatic hydroxyl groups excluding tert-OH is 1. The lowest BCUT2D eigenvalue weighted by Crippen LogP contribution is -2.44. The van der Waals surface area contributed by atoms with Gasteiger partial charge in [-0.3, -0.25) is 4.79 Å². The van der Waals surface area contributed by atoms with Crippen LogP contribution < -0.4 is 5.32 Å². The summed E-state index contributed by atoms with van der Waals surface area (Å²) < 4.78 is 21.1. The number of anilines is 1. The van der Waals surface area contributed by atoms with Crippen LogP contribution in [0.5, 0.6) is 0 Å². The van der Waals surface area contributed by atoms with Crippen LogP contribution in [-0.4, -0.2) is 56.5 Å². The summed E-state index contributed by atoms with van der Waals surface area (Å²) in [6.07, 6.45) is -3.06. The predicted molar refractivity (Wildman–Crippen MR) is 206 cm³/mol. The molecule has 0 saturated carbocycles. The lowest BCUT2D eigenvalue weighted by atomic mass is 9.80. The number of nitrogens with zero attached hydrogens (tertiary/aromatic N) is 4. The van der Waals surface area contributed by atoms with E-state index in [9.17, 15) is 20.0 Å². The second-order valence-corrected chi connectivity index (χ2v) is 13.2. The molecule has 11 nitrogen and oxygen atoms in total. The number of aliphatic hydroxyl groups is 1. The second-order valence-electron chi connectivity index (χ2n) is 13.2. The molecule has 7 aromatic rings. The van der Waals surface area contributed by atoms with Crippen LogP contribution in [0.2, 0.25) is 0 Å². The van der Waals surface area contributed by atoms with Crippen LogP contribution >= 0.6 is 0 Å². The van der Waals surface area contributed by atoms with Crippen LogP contribution in [-0.2, 0) is 25.4 Å². The lowest BCUT2D eigenvalue weighted by molar-refractivity contribution is -0.101. The van der Waals surface area contributed by atoms with E-state index >= 15 is 0 Å². The van der Waals surface area contributed by atoms with Crippen LogP contribution in [0.15, 0.2) is 170 Å².